The maximum absolute atomic E-state index is 13.2. The van der Waals surface area contributed by atoms with Gasteiger partial charge in [0.1, 0.15) is 16.6 Å². The van der Waals surface area contributed by atoms with Crippen LogP contribution >= 0.6 is 11.3 Å². The molecule has 2 aromatic heterocycles. The number of carbonyl (C=O) groups is 1. The number of aryl methyl sites for hydroxylation is 1. The lowest BCUT2D eigenvalue weighted by atomic mass is 10.0. The largest absolute Gasteiger partial charge is 0.494 e. The minimum atomic E-state index is -0.732. The highest BCUT2D eigenvalue weighted by molar-refractivity contribution is 7.19. The number of thiophene rings is 1. The van der Waals surface area contributed by atoms with Crippen molar-refractivity contribution < 1.29 is 14.3 Å². The predicted octanol–water partition coefficient (Wildman–Crippen LogP) is 4.35. The van der Waals surface area contributed by atoms with Gasteiger partial charge in [-0.3, -0.25) is 9.36 Å². The van der Waals surface area contributed by atoms with Gasteiger partial charge in [0.05, 0.1) is 24.9 Å². The Balaban J connectivity index is 2.08. The van der Waals surface area contributed by atoms with Gasteiger partial charge in [-0.25, -0.2) is 9.78 Å². The molecule has 0 aliphatic rings. The molecule has 0 fully saturated rings. The fourth-order valence-corrected chi connectivity index (χ4v) is 4.06. The van der Waals surface area contributed by atoms with Gasteiger partial charge in [0.25, 0.3) is 5.56 Å². The van der Waals surface area contributed by atoms with Crippen LogP contribution in [-0.4, -0.2) is 28.7 Å². The Morgan fingerprint density at radius 1 is 1.25 bits per heavy atom. The summed E-state index contributed by atoms with van der Waals surface area (Å²) in [7, 11) is 0. The zero-order valence-electron chi connectivity index (χ0n) is 16.5. The molecule has 28 heavy (non-hydrogen) atoms. The Morgan fingerprint density at radius 2 is 1.96 bits per heavy atom. The van der Waals surface area contributed by atoms with Crippen molar-refractivity contribution in [3.05, 3.63) is 45.8 Å². The average molecular weight is 401 g/mol. The summed E-state index contributed by atoms with van der Waals surface area (Å²) in [6, 6.07) is 6.93. The first kappa shape index (κ1) is 20.1. The van der Waals surface area contributed by atoms with Crippen molar-refractivity contribution in [3.63, 3.8) is 0 Å². The van der Waals surface area contributed by atoms with Gasteiger partial charge in [0.2, 0.25) is 0 Å². The summed E-state index contributed by atoms with van der Waals surface area (Å²) in [4.78, 5) is 31.5. The molecule has 1 aromatic carbocycles. The van der Waals surface area contributed by atoms with Crippen molar-refractivity contribution in [2.45, 2.75) is 40.2 Å². The zero-order valence-corrected chi connectivity index (χ0v) is 17.3. The van der Waals surface area contributed by atoms with Gasteiger partial charge in [-0.15, -0.1) is 11.3 Å². The van der Waals surface area contributed by atoms with Crippen molar-refractivity contribution in [3.8, 4) is 16.9 Å². The molecule has 3 aromatic rings. The summed E-state index contributed by atoms with van der Waals surface area (Å²) in [5.74, 6) is 0.353. The van der Waals surface area contributed by atoms with E-state index in [1.54, 1.807) is 6.92 Å². The molecule has 0 aliphatic carbocycles. The molecule has 0 saturated carbocycles. The van der Waals surface area contributed by atoms with Crippen LogP contribution in [0.25, 0.3) is 21.3 Å². The number of carbonyl (C=O) groups excluding carboxylic acids is 1. The number of aromatic nitrogens is 2. The lowest BCUT2D eigenvalue weighted by molar-refractivity contribution is -0.147. The Kier molecular flexibility index (Phi) is 6.14. The van der Waals surface area contributed by atoms with E-state index in [0.29, 0.717) is 23.4 Å². The molecule has 148 valence electrons. The summed E-state index contributed by atoms with van der Waals surface area (Å²) >= 11 is 1.47. The van der Waals surface area contributed by atoms with Crippen LogP contribution in [-0.2, 0) is 9.53 Å². The van der Waals surface area contributed by atoms with Crippen molar-refractivity contribution >= 4 is 27.5 Å². The topological polar surface area (TPSA) is 70.4 Å². The number of benzene rings is 1. The van der Waals surface area contributed by atoms with Crippen molar-refractivity contribution in [1.82, 2.24) is 9.55 Å². The smallest absolute Gasteiger partial charge is 0.328 e. The fraction of sp³-hybridized carbons (Fsp3) is 0.381. The fourth-order valence-electron chi connectivity index (χ4n) is 3.06. The third-order valence-electron chi connectivity index (χ3n) is 4.47. The number of esters is 1. The summed E-state index contributed by atoms with van der Waals surface area (Å²) in [6.45, 7) is 8.42. The molecule has 0 amide bonds. The number of hydrogen-bond donors (Lipinski definition) is 0. The SMILES string of the molecule is CCCOC(=O)[C@H](C)n1cnc2sc(C)c(-c3ccc(OCC)cc3)c2c1=O. The van der Waals surface area contributed by atoms with Crippen LogP contribution in [0.2, 0.25) is 0 Å². The highest BCUT2D eigenvalue weighted by atomic mass is 32.1. The van der Waals surface area contributed by atoms with Gasteiger partial charge >= 0.3 is 5.97 Å². The van der Waals surface area contributed by atoms with Crippen LogP contribution in [0.1, 0.15) is 38.1 Å². The number of rotatable bonds is 7. The highest BCUT2D eigenvalue weighted by Crippen LogP contribution is 2.36. The average Bonchev–Trinajstić information content (AvgIpc) is 3.03. The van der Waals surface area contributed by atoms with E-state index in [4.69, 9.17) is 9.47 Å². The molecule has 0 spiro atoms. The number of ether oxygens (including phenoxy) is 2. The Labute approximate surface area is 167 Å². The van der Waals surface area contributed by atoms with E-state index in [1.807, 2.05) is 45.0 Å². The molecule has 3 rings (SSSR count). The number of nitrogens with zero attached hydrogens (tertiary/aromatic N) is 2. The van der Waals surface area contributed by atoms with E-state index in [0.717, 1.165) is 28.2 Å². The quantitative estimate of drug-likeness (QED) is 0.552. The maximum atomic E-state index is 13.2. The van der Waals surface area contributed by atoms with E-state index >= 15 is 0 Å². The molecule has 1 atom stereocenters. The van der Waals surface area contributed by atoms with E-state index < -0.39 is 12.0 Å². The normalized spacial score (nSPS) is 12.1. The molecule has 2 heterocycles. The maximum Gasteiger partial charge on any atom is 0.328 e. The van der Waals surface area contributed by atoms with Crippen LogP contribution in [0.5, 0.6) is 5.75 Å². The van der Waals surface area contributed by atoms with Crippen LogP contribution in [0, 0.1) is 6.92 Å². The van der Waals surface area contributed by atoms with Gasteiger partial charge in [0, 0.05) is 10.4 Å². The third-order valence-corrected chi connectivity index (χ3v) is 5.49. The van der Waals surface area contributed by atoms with Gasteiger partial charge in [-0.1, -0.05) is 19.1 Å². The van der Waals surface area contributed by atoms with Gasteiger partial charge in [-0.05, 0) is 44.9 Å². The Morgan fingerprint density at radius 3 is 2.61 bits per heavy atom. The molecule has 0 saturated heterocycles. The Bertz CT molecular complexity index is 1040. The van der Waals surface area contributed by atoms with Crippen LogP contribution in [0.4, 0.5) is 0 Å². The minimum Gasteiger partial charge on any atom is -0.494 e. The predicted molar refractivity (Wildman–Crippen MR) is 111 cm³/mol. The van der Waals surface area contributed by atoms with Gasteiger partial charge < -0.3 is 9.47 Å². The second kappa shape index (κ2) is 8.56. The standard InChI is InChI=1S/C21H24N2O4S/c1-5-11-27-21(25)13(3)23-12-22-19-18(20(23)24)17(14(4)28-19)15-7-9-16(10-8-15)26-6-2/h7-10,12-13H,5-6,11H2,1-4H3/t13-/m0/s1. The summed E-state index contributed by atoms with van der Waals surface area (Å²) in [6.07, 6.45) is 2.16. The summed E-state index contributed by atoms with van der Waals surface area (Å²) < 4.78 is 12.0. The van der Waals surface area contributed by atoms with E-state index in [2.05, 4.69) is 4.98 Å². The molecule has 7 heteroatoms. The highest BCUT2D eigenvalue weighted by Gasteiger charge is 2.22. The zero-order chi connectivity index (χ0) is 20.3. The van der Waals surface area contributed by atoms with Crippen molar-refractivity contribution in [2.75, 3.05) is 13.2 Å². The molecule has 6 nitrogen and oxygen atoms in total. The van der Waals surface area contributed by atoms with Gasteiger partial charge in [0.15, 0.2) is 0 Å². The van der Waals surface area contributed by atoms with Gasteiger partial charge in [-0.2, -0.15) is 0 Å². The van der Waals surface area contributed by atoms with E-state index in [-0.39, 0.29) is 5.56 Å². The number of hydrogen-bond acceptors (Lipinski definition) is 6. The van der Waals surface area contributed by atoms with Crippen molar-refractivity contribution in [2.24, 2.45) is 0 Å². The lowest BCUT2D eigenvalue weighted by Gasteiger charge is -2.14. The van der Waals surface area contributed by atoms with Crippen molar-refractivity contribution in [1.29, 1.82) is 0 Å². The molecular formula is C21H24N2O4S. The van der Waals surface area contributed by atoms with E-state index in [1.165, 1.54) is 22.2 Å². The lowest BCUT2D eigenvalue weighted by Crippen LogP contribution is -2.29. The second-order valence-corrected chi connectivity index (χ2v) is 7.67. The second-order valence-electron chi connectivity index (χ2n) is 6.47. The molecule has 0 radical (unpaired) electrons. The summed E-state index contributed by atoms with van der Waals surface area (Å²) in [5.41, 5.74) is 1.54. The molecule has 0 unspecified atom stereocenters. The summed E-state index contributed by atoms with van der Waals surface area (Å²) in [5, 5.41) is 0.532. The molecule has 0 aliphatic heterocycles. The third kappa shape index (κ3) is 3.80. The first-order valence-corrected chi connectivity index (χ1v) is 10.2. The monoisotopic (exact) mass is 400 g/mol. The van der Waals surface area contributed by atoms with Crippen LogP contribution in [0.3, 0.4) is 0 Å². The Hall–Kier alpha value is -2.67. The van der Waals surface area contributed by atoms with Crippen LogP contribution in [0.15, 0.2) is 35.4 Å². The number of fused-ring (bicyclic) bond motifs is 1. The molecular weight excluding hydrogens is 376 g/mol. The molecule has 0 N–H and O–H groups in total. The minimum absolute atomic E-state index is 0.237. The first-order valence-electron chi connectivity index (χ1n) is 9.38. The van der Waals surface area contributed by atoms with Crippen LogP contribution < -0.4 is 10.3 Å². The van der Waals surface area contributed by atoms with E-state index in [9.17, 15) is 9.59 Å². The first-order chi connectivity index (χ1) is 13.5. The molecule has 0 bridgehead atoms.